The number of aromatic hydroxyl groups is 4. The first kappa shape index (κ1) is 24.0. The van der Waals surface area contributed by atoms with Gasteiger partial charge in [-0.15, -0.1) is 0 Å². The van der Waals surface area contributed by atoms with E-state index >= 15 is 0 Å². The molecular formula is C25H22O9. The van der Waals surface area contributed by atoms with Crippen LogP contribution >= 0.6 is 0 Å². The topological polar surface area (TPSA) is 143 Å². The van der Waals surface area contributed by atoms with Crippen LogP contribution in [0.3, 0.4) is 0 Å². The number of carbonyl (C=O) groups is 2. The fraction of sp³-hybridized carbons (Fsp3) is 0.120. The molecule has 3 aromatic carbocycles. The number of methoxy groups -OCH3 is 1. The second kappa shape index (κ2) is 10.8. The molecule has 0 bridgehead atoms. The van der Waals surface area contributed by atoms with E-state index < -0.39 is 18.0 Å². The maximum atomic E-state index is 12.2. The lowest BCUT2D eigenvalue weighted by Gasteiger charge is -2.15. The zero-order chi connectivity index (χ0) is 24.7. The number of hydrogen-bond donors (Lipinski definition) is 4. The second-order valence-electron chi connectivity index (χ2n) is 7.13. The molecule has 0 radical (unpaired) electrons. The fourth-order valence-corrected chi connectivity index (χ4v) is 2.92. The molecule has 3 aromatic rings. The maximum absolute atomic E-state index is 12.2. The summed E-state index contributed by atoms with van der Waals surface area (Å²) in [6.45, 7) is 0. The van der Waals surface area contributed by atoms with Gasteiger partial charge in [0.2, 0.25) is 6.10 Å². The molecule has 9 nitrogen and oxygen atoms in total. The molecule has 0 saturated carbocycles. The first-order valence-corrected chi connectivity index (χ1v) is 10.0. The Morgan fingerprint density at radius 1 is 0.882 bits per heavy atom. The lowest BCUT2D eigenvalue weighted by Crippen LogP contribution is -2.30. The van der Waals surface area contributed by atoms with E-state index in [0.29, 0.717) is 16.9 Å². The highest BCUT2D eigenvalue weighted by Gasteiger charge is 2.24. The monoisotopic (exact) mass is 466 g/mol. The number of benzene rings is 3. The van der Waals surface area contributed by atoms with E-state index in [1.165, 1.54) is 60.7 Å². The number of rotatable bonds is 8. The van der Waals surface area contributed by atoms with Crippen molar-refractivity contribution in [2.75, 3.05) is 7.11 Å². The Balaban J connectivity index is 1.68. The van der Waals surface area contributed by atoms with Crippen LogP contribution < -0.4 is 4.74 Å². The first-order valence-electron chi connectivity index (χ1n) is 10.0. The van der Waals surface area contributed by atoms with Crippen LogP contribution in [0.2, 0.25) is 0 Å². The molecule has 0 amide bonds. The third-order valence-corrected chi connectivity index (χ3v) is 4.64. The van der Waals surface area contributed by atoms with Crippen molar-refractivity contribution in [3.63, 3.8) is 0 Å². The van der Waals surface area contributed by atoms with Crippen LogP contribution in [-0.2, 0) is 25.5 Å². The zero-order valence-electron chi connectivity index (χ0n) is 18.0. The van der Waals surface area contributed by atoms with E-state index in [2.05, 4.69) is 0 Å². The van der Waals surface area contributed by atoms with E-state index in [1.807, 2.05) is 0 Å². The van der Waals surface area contributed by atoms with Crippen LogP contribution in [0, 0.1) is 0 Å². The average Bonchev–Trinajstić information content (AvgIpc) is 2.82. The Morgan fingerprint density at radius 3 is 2.26 bits per heavy atom. The van der Waals surface area contributed by atoms with Gasteiger partial charge in [0.15, 0.2) is 23.0 Å². The van der Waals surface area contributed by atoms with Crippen LogP contribution in [0.5, 0.6) is 34.5 Å². The summed E-state index contributed by atoms with van der Waals surface area (Å²) < 4.78 is 15.5. The minimum atomic E-state index is -1.28. The summed E-state index contributed by atoms with van der Waals surface area (Å²) >= 11 is 0. The van der Waals surface area contributed by atoms with Crippen molar-refractivity contribution in [3.05, 3.63) is 77.9 Å². The van der Waals surface area contributed by atoms with Gasteiger partial charge in [-0.2, -0.15) is 0 Å². The van der Waals surface area contributed by atoms with Gasteiger partial charge in [-0.3, -0.25) is 0 Å². The third-order valence-electron chi connectivity index (χ3n) is 4.64. The van der Waals surface area contributed by atoms with Crippen LogP contribution in [0.15, 0.2) is 66.7 Å². The van der Waals surface area contributed by atoms with Gasteiger partial charge in [-0.05, 0) is 65.7 Å². The molecule has 0 fully saturated rings. The number of carbonyl (C=O) groups excluding carboxylic acids is 2. The maximum Gasteiger partial charge on any atom is 0.347 e. The number of ether oxygens (including phenoxy) is 3. The average molecular weight is 466 g/mol. The molecule has 4 N–H and O–H groups in total. The Bertz CT molecular complexity index is 1200. The van der Waals surface area contributed by atoms with Crippen molar-refractivity contribution in [1.29, 1.82) is 0 Å². The number of hydrogen-bond acceptors (Lipinski definition) is 9. The van der Waals surface area contributed by atoms with Crippen LogP contribution in [0.25, 0.3) is 6.08 Å². The van der Waals surface area contributed by atoms with Crippen LogP contribution in [0.1, 0.15) is 11.1 Å². The SMILES string of the molecule is COC(=O)C(Cc1ccc(Oc2ccc(O)cc2)c(O)c1)OC(=O)/C=C/c1ccc(O)c(O)c1. The van der Waals surface area contributed by atoms with Gasteiger partial charge in [0, 0.05) is 12.5 Å². The molecule has 0 saturated heterocycles. The second-order valence-corrected chi connectivity index (χ2v) is 7.13. The molecule has 1 atom stereocenters. The van der Waals surface area contributed by atoms with Gasteiger partial charge in [0.1, 0.15) is 11.5 Å². The van der Waals surface area contributed by atoms with Crippen molar-refractivity contribution in [2.45, 2.75) is 12.5 Å². The standard InChI is InChI=1S/C25H22O9/c1-32-25(31)23(34-24(30)11-4-15-2-9-19(27)20(28)12-15)14-16-3-10-22(21(29)13-16)33-18-7-5-17(26)6-8-18/h2-13,23,26-29H,14H2,1H3/b11-4+. The smallest absolute Gasteiger partial charge is 0.347 e. The Hall–Kier alpha value is -4.66. The van der Waals surface area contributed by atoms with Crippen molar-refractivity contribution in [2.24, 2.45) is 0 Å². The molecule has 176 valence electrons. The summed E-state index contributed by atoms with van der Waals surface area (Å²) in [5.41, 5.74) is 0.905. The molecule has 9 heteroatoms. The summed E-state index contributed by atoms with van der Waals surface area (Å²) in [4.78, 5) is 24.4. The molecule has 0 aliphatic heterocycles. The summed E-state index contributed by atoms with van der Waals surface area (Å²) in [6.07, 6.45) is 1.06. The summed E-state index contributed by atoms with van der Waals surface area (Å²) in [5, 5.41) is 38.5. The fourth-order valence-electron chi connectivity index (χ4n) is 2.92. The Morgan fingerprint density at radius 2 is 1.62 bits per heavy atom. The highest BCUT2D eigenvalue weighted by molar-refractivity contribution is 5.89. The number of phenolic OH excluding ortho intramolecular Hbond substituents is 4. The molecule has 3 rings (SSSR count). The lowest BCUT2D eigenvalue weighted by atomic mass is 10.1. The normalized spacial score (nSPS) is 11.7. The van der Waals surface area contributed by atoms with Gasteiger partial charge in [-0.25, -0.2) is 9.59 Å². The van der Waals surface area contributed by atoms with Gasteiger partial charge in [0.25, 0.3) is 0 Å². The largest absolute Gasteiger partial charge is 0.508 e. The van der Waals surface area contributed by atoms with Crippen molar-refractivity contribution >= 4 is 18.0 Å². The van der Waals surface area contributed by atoms with E-state index in [-0.39, 0.29) is 35.2 Å². The molecule has 0 aliphatic rings. The molecule has 34 heavy (non-hydrogen) atoms. The molecule has 0 aromatic heterocycles. The quantitative estimate of drug-likeness (QED) is 0.222. The van der Waals surface area contributed by atoms with Crippen LogP contribution in [-0.4, -0.2) is 45.6 Å². The summed E-state index contributed by atoms with van der Waals surface area (Å²) in [5.74, 6) is -1.84. The van der Waals surface area contributed by atoms with Gasteiger partial charge >= 0.3 is 11.9 Å². The third kappa shape index (κ3) is 6.42. The van der Waals surface area contributed by atoms with Gasteiger partial charge in [-0.1, -0.05) is 12.1 Å². The van der Waals surface area contributed by atoms with E-state index in [1.54, 1.807) is 6.07 Å². The number of phenols is 4. The Kier molecular flexibility index (Phi) is 7.60. The van der Waals surface area contributed by atoms with Crippen molar-refractivity contribution < 1.29 is 44.2 Å². The van der Waals surface area contributed by atoms with E-state index in [9.17, 15) is 30.0 Å². The minimum absolute atomic E-state index is 0.0701. The molecule has 0 aliphatic carbocycles. The van der Waals surface area contributed by atoms with Crippen molar-refractivity contribution in [1.82, 2.24) is 0 Å². The predicted molar refractivity (Wildman–Crippen MR) is 121 cm³/mol. The summed E-state index contributed by atoms with van der Waals surface area (Å²) in [7, 11) is 1.16. The summed E-state index contributed by atoms with van der Waals surface area (Å²) in [6, 6.07) is 14.4. The highest BCUT2D eigenvalue weighted by atomic mass is 16.6. The number of esters is 2. The van der Waals surface area contributed by atoms with Gasteiger partial charge in [0.05, 0.1) is 7.11 Å². The van der Waals surface area contributed by atoms with Crippen LogP contribution in [0.4, 0.5) is 0 Å². The molecule has 0 spiro atoms. The molecule has 1 unspecified atom stereocenters. The Labute approximate surface area is 194 Å². The van der Waals surface area contributed by atoms with E-state index in [0.717, 1.165) is 13.2 Å². The predicted octanol–water partition coefficient (Wildman–Crippen LogP) is 3.64. The lowest BCUT2D eigenvalue weighted by molar-refractivity contribution is -0.162. The zero-order valence-corrected chi connectivity index (χ0v) is 18.0. The van der Waals surface area contributed by atoms with Gasteiger partial charge < -0.3 is 34.6 Å². The minimum Gasteiger partial charge on any atom is -0.508 e. The first-order chi connectivity index (χ1) is 16.2. The highest BCUT2D eigenvalue weighted by Crippen LogP contribution is 2.32. The molecular weight excluding hydrogens is 444 g/mol. The van der Waals surface area contributed by atoms with E-state index in [4.69, 9.17) is 14.2 Å². The van der Waals surface area contributed by atoms with Crippen molar-refractivity contribution in [3.8, 4) is 34.5 Å². The molecule has 0 heterocycles.